The highest BCUT2D eigenvalue weighted by Crippen LogP contribution is 2.20. The van der Waals surface area contributed by atoms with Crippen molar-refractivity contribution < 1.29 is 8.91 Å². The van der Waals surface area contributed by atoms with Crippen LogP contribution in [0.15, 0.2) is 34.9 Å². The van der Waals surface area contributed by atoms with E-state index in [1.807, 2.05) is 32.0 Å². The van der Waals surface area contributed by atoms with E-state index in [9.17, 15) is 4.39 Å². The Labute approximate surface area is 106 Å². The molecule has 0 saturated carbocycles. The number of benzene rings is 1. The van der Waals surface area contributed by atoms with Crippen LogP contribution in [-0.2, 0) is 6.54 Å². The lowest BCUT2D eigenvalue weighted by Crippen LogP contribution is -2.21. The summed E-state index contributed by atoms with van der Waals surface area (Å²) in [6.45, 7) is 4.45. The summed E-state index contributed by atoms with van der Waals surface area (Å²) in [6.07, 6.45) is 0.817. The van der Waals surface area contributed by atoms with Crippen LogP contribution in [0.5, 0.6) is 0 Å². The van der Waals surface area contributed by atoms with Gasteiger partial charge in [0.05, 0.1) is 5.69 Å². The van der Waals surface area contributed by atoms with Gasteiger partial charge in [0.25, 0.3) is 0 Å². The van der Waals surface area contributed by atoms with Crippen LogP contribution in [0.4, 0.5) is 4.39 Å². The highest BCUT2D eigenvalue weighted by atomic mass is 19.1. The highest BCUT2D eigenvalue weighted by Gasteiger charge is 2.13. The van der Waals surface area contributed by atoms with Crippen LogP contribution in [0.3, 0.4) is 0 Å². The number of halogens is 1. The van der Waals surface area contributed by atoms with Crippen molar-refractivity contribution in [1.29, 1.82) is 0 Å². The molecule has 1 aromatic carbocycles. The zero-order valence-electron chi connectivity index (χ0n) is 10.6. The van der Waals surface area contributed by atoms with Gasteiger partial charge in [0.15, 0.2) is 0 Å². The van der Waals surface area contributed by atoms with Crippen molar-refractivity contribution in [2.45, 2.75) is 32.9 Å². The normalized spacial score (nSPS) is 12.6. The summed E-state index contributed by atoms with van der Waals surface area (Å²) in [5.41, 5.74) is 1.53. The van der Waals surface area contributed by atoms with E-state index in [0.29, 0.717) is 12.1 Å². The average molecular weight is 248 g/mol. The molecule has 96 valence electrons. The van der Waals surface area contributed by atoms with E-state index in [4.69, 9.17) is 4.52 Å². The van der Waals surface area contributed by atoms with Crippen molar-refractivity contribution in [3.63, 3.8) is 0 Å². The number of rotatable bonds is 5. The molecule has 18 heavy (non-hydrogen) atoms. The van der Waals surface area contributed by atoms with Crippen molar-refractivity contribution in [3.8, 4) is 0 Å². The second kappa shape index (κ2) is 5.78. The third-order valence-corrected chi connectivity index (χ3v) is 2.90. The van der Waals surface area contributed by atoms with E-state index < -0.39 is 0 Å². The summed E-state index contributed by atoms with van der Waals surface area (Å²) in [6, 6.07) is 8.71. The predicted octanol–water partition coefficient (Wildman–Crippen LogP) is 3.36. The third-order valence-electron chi connectivity index (χ3n) is 2.90. The SMILES string of the molecule is CCC(NCc1cc(C)on1)c1ccccc1F. The summed E-state index contributed by atoms with van der Waals surface area (Å²) in [5, 5.41) is 7.20. The Morgan fingerprint density at radius 2 is 2.17 bits per heavy atom. The van der Waals surface area contributed by atoms with Crippen molar-refractivity contribution >= 4 is 0 Å². The summed E-state index contributed by atoms with van der Waals surface area (Å²) in [5.74, 6) is 0.610. The molecule has 1 N–H and O–H groups in total. The first kappa shape index (κ1) is 12.8. The minimum atomic E-state index is -0.173. The van der Waals surface area contributed by atoms with Crippen LogP contribution >= 0.6 is 0 Å². The Kier molecular flexibility index (Phi) is 4.10. The Morgan fingerprint density at radius 1 is 1.39 bits per heavy atom. The van der Waals surface area contributed by atoms with Gasteiger partial charge in [-0.05, 0) is 19.4 Å². The largest absolute Gasteiger partial charge is 0.361 e. The first-order valence-electron chi connectivity index (χ1n) is 6.10. The molecule has 1 unspecified atom stereocenters. The minimum absolute atomic E-state index is 0.0109. The number of hydrogen-bond acceptors (Lipinski definition) is 3. The Hall–Kier alpha value is -1.68. The Morgan fingerprint density at radius 3 is 2.78 bits per heavy atom. The fourth-order valence-electron chi connectivity index (χ4n) is 1.96. The molecule has 0 bridgehead atoms. The molecule has 0 saturated heterocycles. The highest BCUT2D eigenvalue weighted by molar-refractivity contribution is 5.21. The molecule has 1 heterocycles. The van der Waals surface area contributed by atoms with Gasteiger partial charge in [-0.1, -0.05) is 30.3 Å². The van der Waals surface area contributed by atoms with Gasteiger partial charge < -0.3 is 9.84 Å². The maximum absolute atomic E-state index is 13.7. The lowest BCUT2D eigenvalue weighted by molar-refractivity contribution is 0.384. The van der Waals surface area contributed by atoms with E-state index in [1.165, 1.54) is 6.07 Å². The Bertz CT molecular complexity index is 510. The molecule has 0 amide bonds. The minimum Gasteiger partial charge on any atom is -0.361 e. The molecule has 3 nitrogen and oxygen atoms in total. The van der Waals surface area contributed by atoms with Crippen molar-refractivity contribution in [2.75, 3.05) is 0 Å². The molecule has 4 heteroatoms. The maximum atomic E-state index is 13.7. The molecular formula is C14H17FN2O. The van der Waals surface area contributed by atoms with Gasteiger partial charge in [-0.3, -0.25) is 0 Å². The van der Waals surface area contributed by atoms with E-state index >= 15 is 0 Å². The summed E-state index contributed by atoms with van der Waals surface area (Å²) < 4.78 is 18.7. The fourth-order valence-corrected chi connectivity index (χ4v) is 1.96. The van der Waals surface area contributed by atoms with E-state index in [0.717, 1.165) is 17.9 Å². The van der Waals surface area contributed by atoms with Crippen LogP contribution in [0, 0.1) is 12.7 Å². The Balaban J connectivity index is 2.04. The van der Waals surface area contributed by atoms with Gasteiger partial charge in [-0.25, -0.2) is 4.39 Å². The first-order valence-corrected chi connectivity index (χ1v) is 6.10. The van der Waals surface area contributed by atoms with Crippen LogP contribution < -0.4 is 5.32 Å². The molecule has 0 aliphatic rings. The van der Waals surface area contributed by atoms with Crippen molar-refractivity contribution in [2.24, 2.45) is 0 Å². The molecule has 0 fully saturated rings. The molecule has 2 rings (SSSR count). The summed E-state index contributed by atoms with van der Waals surface area (Å²) >= 11 is 0. The number of nitrogens with zero attached hydrogens (tertiary/aromatic N) is 1. The fraction of sp³-hybridized carbons (Fsp3) is 0.357. The number of aryl methyl sites for hydroxylation is 1. The molecule has 0 radical (unpaired) electrons. The number of nitrogens with one attached hydrogen (secondary N) is 1. The van der Waals surface area contributed by atoms with Crippen molar-refractivity contribution in [3.05, 3.63) is 53.2 Å². The zero-order chi connectivity index (χ0) is 13.0. The van der Waals surface area contributed by atoms with E-state index in [1.54, 1.807) is 6.07 Å². The van der Waals surface area contributed by atoms with Crippen LogP contribution in [0.25, 0.3) is 0 Å². The van der Waals surface area contributed by atoms with Gasteiger partial charge in [0.1, 0.15) is 11.6 Å². The molecule has 0 aliphatic heterocycles. The number of hydrogen-bond donors (Lipinski definition) is 1. The quantitative estimate of drug-likeness (QED) is 0.881. The molecule has 2 aromatic rings. The topological polar surface area (TPSA) is 38.1 Å². The monoisotopic (exact) mass is 248 g/mol. The van der Waals surface area contributed by atoms with E-state index in [2.05, 4.69) is 10.5 Å². The number of aromatic nitrogens is 1. The smallest absolute Gasteiger partial charge is 0.133 e. The second-order valence-electron chi connectivity index (χ2n) is 4.29. The molecule has 1 atom stereocenters. The van der Waals surface area contributed by atoms with E-state index in [-0.39, 0.29) is 11.9 Å². The second-order valence-corrected chi connectivity index (χ2v) is 4.29. The third kappa shape index (κ3) is 2.96. The predicted molar refractivity (Wildman–Crippen MR) is 67.5 cm³/mol. The van der Waals surface area contributed by atoms with Gasteiger partial charge >= 0.3 is 0 Å². The summed E-state index contributed by atoms with van der Waals surface area (Å²) in [4.78, 5) is 0. The van der Waals surface area contributed by atoms with Crippen molar-refractivity contribution in [1.82, 2.24) is 10.5 Å². The standard InChI is InChI=1S/C14H17FN2O/c1-3-14(12-6-4-5-7-13(12)15)16-9-11-8-10(2)18-17-11/h4-8,14,16H,3,9H2,1-2H3. The van der Waals surface area contributed by atoms with Gasteiger partial charge in [0.2, 0.25) is 0 Å². The van der Waals surface area contributed by atoms with Crippen LogP contribution in [0.1, 0.15) is 36.4 Å². The average Bonchev–Trinajstić information content (AvgIpc) is 2.78. The molecule has 0 spiro atoms. The van der Waals surface area contributed by atoms with Gasteiger partial charge in [0, 0.05) is 24.2 Å². The van der Waals surface area contributed by atoms with Gasteiger partial charge in [-0.2, -0.15) is 0 Å². The maximum Gasteiger partial charge on any atom is 0.133 e. The zero-order valence-corrected chi connectivity index (χ0v) is 10.6. The molecular weight excluding hydrogens is 231 g/mol. The van der Waals surface area contributed by atoms with Crippen LogP contribution in [0.2, 0.25) is 0 Å². The van der Waals surface area contributed by atoms with Crippen LogP contribution in [-0.4, -0.2) is 5.16 Å². The molecule has 1 aromatic heterocycles. The lowest BCUT2D eigenvalue weighted by Gasteiger charge is -2.17. The molecule has 0 aliphatic carbocycles. The summed E-state index contributed by atoms with van der Waals surface area (Å²) in [7, 11) is 0. The first-order chi connectivity index (χ1) is 8.70. The lowest BCUT2D eigenvalue weighted by atomic mass is 10.0. The van der Waals surface area contributed by atoms with Gasteiger partial charge in [-0.15, -0.1) is 0 Å².